The molecule has 0 fully saturated rings. The normalized spacial score (nSPS) is 11.1. The second kappa shape index (κ2) is 4.31. The van der Waals surface area contributed by atoms with Gasteiger partial charge in [0.05, 0.1) is 6.61 Å². The molecular weight excluding hydrogens is 206 g/mol. The molecule has 15 heavy (non-hydrogen) atoms. The van der Waals surface area contributed by atoms with E-state index in [1.165, 1.54) is 26.1 Å². The van der Waals surface area contributed by atoms with Crippen LogP contribution in [0.5, 0.6) is 0 Å². The van der Waals surface area contributed by atoms with Gasteiger partial charge in [0.15, 0.2) is 0 Å². The minimum Gasteiger partial charge on any atom is -0.380 e. The fourth-order valence-corrected chi connectivity index (χ4v) is 2.98. The molecule has 0 spiro atoms. The molecule has 0 unspecified atom stereocenters. The molecule has 0 aliphatic rings. The number of thiophene rings is 1. The van der Waals surface area contributed by atoms with Gasteiger partial charge in [-0.3, -0.25) is 0 Å². The SMILES string of the molecule is COCc1c(CN)sc2c(C)cccc12. The molecule has 3 heteroatoms. The number of methoxy groups -OCH3 is 1. The van der Waals surface area contributed by atoms with Gasteiger partial charge >= 0.3 is 0 Å². The van der Waals surface area contributed by atoms with Crippen molar-refractivity contribution >= 4 is 21.4 Å². The van der Waals surface area contributed by atoms with Crippen molar-refractivity contribution in [1.82, 2.24) is 0 Å². The number of benzene rings is 1. The Morgan fingerprint density at radius 1 is 1.40 bits per heavy atom. The van der Waals surface area contributed by atoms with Gasteiger partial charge in [-0.1, -0.05) is 18.2 Å². The standard InChI is InChI=1S/C12H15NOS/c1-8-4-3-5-9-10(7-14-2)11(6-13)15-12(8)9/h3-5H,6-7,13H2,1-2H3. The van der Waals surface area contributed by atoms with E-state index >= 15 is 0 Å². The van der Waals surface area contributed by atoms with Crippen LogP contribution in [0.25, 0.3) is 10.1 Å². The quantitative estimate of drug-likeness (QED) is 0.865. The fraction of sp³-hybridized carbons (Fsp3) is 0.333. The van der Waals surface area contributed by atoms with E-state index in [-0.39, 0.29) is 0 Å². The average molecular weight is 221 g/mol. The van der Waals surface area contributed by atoms with Crippen LogP contribution >= 0.6 is 11.3 Å². The predicted molar refractivity (Wildman–Crippen MR) is 65.2 cm³/mol. The van der Waals surface area contributed by atoms with E-state index in [2.05, 4.69) is 25.1 Å². The summed E-state index contributed by atoms with van der Waals surface area (Å²) in [4.78, 5) is 1.24. The van der Waals surface area contributed by atoms with E-state index in [0.29, 0.717) is 13.2 Å². The maximum absolute atomic E-state index is 5.75. The Balaban J connectivity index is 2.68. The molecule has 0 aliphatic heterocycles. The van der Waals surface area contributed by atoms with Crippen molar-refractivity contribution in [2.24, 2.45) is 5.73 Å². The number of aryl methyl sites for hydroxylation is 1. The van der Waals surface area contributed by atoms with Gasteiger partial charge < -0.3 is 10.5 Å². The van der Waals surface area contributed by atoms with E-state index < -0.39 is 0 Å². The third-order valence-electron chi connectivity index (χ3n) is 2.57. The maximum Gasteiger partial charge on any atom is 0.0730 e. The molecule has 2 N–H and O–H groups in total. The first kappa shape index (κ1) is 10.6. The van der Waals surface area contributed by atoms with Crippen molar-refractivity contribution in [2.75, 3.05) is 7.11 Å². The second-order valence-electron chi connectivity index (χ2n) is 3.59. The van der Waals surface area contributed by atoms with E-state index in [1.54, 1.807) is 18.4 Å². The molecule has 0 amide bonds. The summed E-state index contributed by atoms with van der Waals surface area (Å²) in [7, 11) is 1.72. The molecule has 0 aliphatic carbocycles. The molecule has 2 aromatic rings. The van der Waals surface area contributed by atoms with Crippen molar-refractivity contribution in [3.8, 4) is 0 Å². The molecule has 0 bridgehead atoms. The van der Waals surface area contributed by atoms with Gasteiger partial charge in [0.2, 0.25) is 0 Å². The van der Waals surface area contributed by atoms with Gasteiger partial charge in [-0.15, -0.1) is 11.3 Å². The van der Waals surface area contributed by atoms with Crippen LogP contribution in [0.3, 0.4) is 0 Å². The lowest BCUT2D eigenvalue weighted by Crippen LogP contribution is -1.98. The van der Waals surface area contributed by atoms with Crippen molar-refractivity contribution in [3.05, 3.63) is 34.2 Å². The number of hydrogen-bond acceptors (Lipinski definition) is 3. The summed E-state index contributed by atoms with van der Waals surface area (Å²) in [5.41, 5.74) is 8.32. The highest BCUT2D eigenvalue weighted by atomic mass is 32.1. The Hall–Kier alpha value is -0.900. The van der Waals surface area contributed by atoms with Crippen LogP contribution in [0.4, 0.5) is 0 Å². The summed E-state index contributed by atoms with van der Waals surface area (Å²) in [6.07, 6.45) is 0. The molecule has 80 valence electrons. The lowest BCUT2D eigenvalue weighted by atomic mass is 10.1. The summed E-state index contributed by atoms with van der Waals surface area (Å²) in [5.74, 6) is 0. The second-order valence-corrected chi connectivity index (χ2v) is 4.70. The molecule has 0 radical (unpaired) electrons. The van der Waals surface area contributed by atoms with Crippen molar-refractivity contribution < 1.29 is 4.74 Å². The fourth-order valence-electron chi connectivity index (χ4n) is 1.83. The van der Waals surface area contributed by atoms with Crippen LogP contribution in [0, 0.1) is 6.92 Å². The zero-order chi connectivity index (χ0) is 10.8. The van der Waals surface area contributed by atoms with Crippen molar-refractivity contribution in [3.63, 3.8) is 0 Å². The molecule has 1 aromatic carbocycles. The topological polar surface area (TPSA) is 35.2 Å². The first-order valence-electron chi connectivity index (χ1n) is 4.96. The highest BCUT2D eigenvalue weighted by Crippen LogP contribution is 2.33. The Kier molecular flexibility index (Phi) is 3.05. The largest absolute Gasteiger partial charge is 0.380 e. The highest BCUT2D eigenvalue weighted by Gasteiger charge is 2.11. The Labute approximate surface area is 93.7 Å². The number of rotatable bonds is 3. The summed E-state index contributed by atoms with van der Waals surface area (Å²) in [5, 5.41) is 1.29. The third-order valence-corrected chi connectivity index (χ3v) is 3.98. The average Bonchev–Trinajstić information content (AvgIpc) is 2.59. The van der Waals surface area contributed by atoms with Crippen LogP contribution in [0.15, 0.2) is 18.2 Å². The van der Waals surface area contributed by atoms with Crippen molar-refractivity contribution in [1.29, 1.82) is 0 Å². The molecule has 0 atom stereocenters. The minimum absolute atomic E-state index is 0.595. The van der Waals surface area contributed by atoms with Gasteiger partial charge in [-0.05, 0) is 17.9 Å². The first-order chi connectivity index (χ1) is 7.27. The zero-order valence-electron chi connectivity index (χ0n) is 9.04. The number of ether oxygens (including phenoxy) is 1. The summed E-state index contributed by atoms with van der Waals surface area (Å²) in [6.45, 7) is 3.38. The molecule has 1 heterocycles. The number of fused-ring (bicyclic) bond motifs is 1. The summed E-state index contributed by atoms with van der Waals surface area (Å²) >= 11 is 1.79. The van der Waals surface area contributed by atoms with Gasteiger partial charge in [-0.2, -0.15) is 0 Å². The van der Waals surface area contributed by atoms with Crippen LogP contribution in [0.2, 0.25) is 0 Å². The smallest absolute Gasteiger partial charge is 0.0730 e. The van der Waals surface area contributed by atoms with Gasteiger partial charge in [0.1, 0.15) is 0 Å². The van der Waals surface area contributed by atoms with Crippen LogP contribution < -0.4 is 5.73 Å². The van der Waals surface area contributed by atoms with Gasteiger partial charge in [0, 0.05) is 28.8 Å². The number of hydrogen-bond donors (Lipinski definition) is 1. The minimum atomic E-state index is 0.595. The van der Waals surface area contributed by atoms with Crippen molar-refractivity contribution in [2.45, 2.75) is 20.1 Å². The maximum atomic E-state index is 5.75. The predicted octanol–water partition coefficient (Wildman–Crippen LogP) is 2.81. The number of nitrogens with two attached hydrogens (primary N) is 1. The van der Waals surface area contributed by atoms with E-state index in [1.807, 2.05) is 0 Å². The Morgan fingerprint density at radius 3 is 2.87 bits per heavy atom. The first-order valence-corrected chi connectivity index (χ1v) is 5.78. The Bertz CT molecular complexity index is 476. The molecule has 2 rings (SSSR count). The molecule has 0 saturated carbocycles. The van der Waals surface area contributed by atoms with Crippen LogP contribution in [-0.2, 0) is 17.9 Å². The van der Waals surface area contributed by atoms with E-state index in [4.69, 9.17) is 10.5 Å². The molecular formula is C12H15NOS. The molecule has 2 nitrogen and oxygen atoms in total. The van der Waals surface area contributed by atoms with E-state index in [0.717, 1.165) is 0 Å². The van der Waals surface area contributed by atoms with Crippen LogP contribution in [0.1, 0.15) is 16.0 Å². The van der Waals surface area contributed by atoms with Crippen LogP contribution in [-0.4, -0.2) is 7.11 Å². The van der Waals surface area contributed by atoms with E-state index in [9.17, 15) is 0 Å². The monoisotopic (exact) mass is 221 g/mol. The zero-order valence-corrected chi connectivity index (χ0v) is 9.86. The Morgan fingerprint density at radius 2 is 2.20 bits per heavy atom. The third kappa shape index (κ3) is 1.78. The molecule has 1 aromatic heterocycles. The highest BCUT2D eigenvalue weighted by molar-refractivity contribution is 7.19. The lowest BCUT2D eigenvalue weighted by Gasteiger charge is -2.01. The summed E-state index contributed by atoms with van der Waals surface area (Å²) < 4.78 is 6.57. The summed E-state index contributed by atoms with van der Waals surface area (Å²) in [6, 6.07) is 6.37. The van der Waals surface area contributed by atoms with Gasteiger partial charge in [-0.25, -0.2) is 0 Å². The van der Waals surface area contributed by atoms with Gasteiger partial charge in [0.25, 0.3) is 0 Å². The molecule has 0 saturated heterocycles. The lowest BCUT2D eigenvalue weighted by molar-refractivity contribution is 0.185.